The van der Waals surface area contributed by atoms with Gasteiger partial charge in [0.05, 0.1) is 11.7 Å². The zero-order valence-electron chi connectivity index (χ0n) is 22.4. The van der Waals surface area contributed by atoms with Crippen molar-refractivity contribution in [2.45, 2.75) is 137 Å². The Morgan fingerprint density at radius 3 is 2.22 bits per heavy atom. The molecular formula is C30H54O2. The average molecular weight is 447 g/mol. The normalized spacial score (nSPS) is 48.5. The summed E-state index contributed by atoms with van der Waals surface area (Å²) in [5.74, 6) is 5.01. The lowest BCUT2D eigenvalue weighted by molar-refractivity contribution is -0.152. The largest absolute Gasteiger partial charge is 0.393 e. The molecule has 4 saturated carbocycles. The maximum Gasteiger partial charge on any atom is 0.0648 e. The molecule has 0 aromatic rings. The van der Waals surface area contributed by atoms with E-state index in [1.165, 1.54) is 51.4 Å². The minimum atomic E-state index is -0.383. The van der Waals surface area contributed by atoms with Crippen molar-refractivity contribution in [3.8, 4) is 0 Å². The van der Waals surface area contributed by atoms with Gasteiger partial charge in [-0.15, -0.1) is 0 Å². The van der Waals surface area contributed by atoms with Gasteiger partial charge in [-0.2, -0.15) is 0 Å². The van der Waals surface area contributed by atoms with Gasteiger partial charge < -0.3 is 10.2 Å². The molecule has 2 N–H and O–H groups in total. The van der Waals surface area contributed by atoms with E-state index >= 15 is 0 Å². The summed E-state index contributed by atoms with van der Waals surface area (Å²) in [5, 5.41) is 21.6. The van der Waals surface area contributed by atoms with E-state index in [1.807, 2.05) is 0 Å². The fraction of sp³-hybridized carbons (Fsp3) is 1.00. The van der Waals surface area contributed by atoms with Crippen LogP contribution in [0.25, 0.3) is 0 Å². The Balaban J connectivity index is 1.45. The zero-order chi connectivity index (χ0) is 23.5. The first kappa shape index (κ1) is 25.0. The Kier molecular flexibility index (Phi) is 6.68. The fourth-order valence-corrected chi connectivity index (χ4v) is 9.67. The van der Waals surface area contributed by atoms with E-state index < -0.39 is 0 Å². The second kappa shape index (κ2) is 8.54. The van der Waals surface area contributed by atoms with E-state index in [-0.39, 0.29) is 17.1 Å². The molecule has 4 rings (SSSR count). The van der Waals surface area contributed by atoms with Crippen LogP contribution in [-0.4, -0.2) is 21.9 Å². The number of aliphatic hydroxyl groups excluding tert-OH is 1. The molecule has 0 amide bonds. The average Bonchev–Trinajstić information content (AvgIpc) is 3.09. The van der Waals surface area contributed by atoms with E-state index in [4.69, 9.17) is 0 Å². The minimum Gasteiger partial charge on any atom is -0.393 e. The van der Waals surface area contributed by atoms with Gasteiger partial charge in [-0.3, -0.25) is 0 Å². The molecule has 2 heteroatoms. The third kappa shape index (κ3) is 4.12. The van der Waals surface area contributed by atoms with Crippen LogP contribution >= 0.6 is 0 Å². The molecule has 0 unspecified atom stereocenters. The van der Waals surface area contributed by atoms with Crippen LogP contribution in [-0.2, 0) is 0 Å². The van der Waals surface area contributed by atoms with Gasteiger partial charge in [-0.05, 0) is 129 Å². The Hall–Kier alpha value is -0.0800. The summed E-state index contributed by atoms with van der Waals surface area (Å²) in [7, 11) is 0. The molecule has 4 aliphatic rings. The van der Waals surface area contributed by atoms with Crippen molar-refractivity contribution in [1.82, 2.24) is 0 Å². The summed E-state index contributed by atoms with van der Waals surface area (Å²) in [6, 6.07) is 0. The smallest absolute Gasteiger partial charge is 0.0648 e. The van der Waals surface area contributed by atoms with Crippen LogP contribution < -0.4 is 0 Å². The summed E-state index contributed by atoms with van der Waals surface area (Å²) < 4.78 is 0. The molecule has 0 bridgehead atoms. The van der Waals surface area contributed by atoms with E-state index in [1.54, 1.807) is 0 Å². The van der Waals surface area contributed by atoms with Crippen molar-refractivity contribution >= 4 is 0 Å². The number of rotatable bonds is 5. The molecule has 4 aliphatic carbocycles. The summed E-state index contributed by atoms with van der Waals surface area (Å²) in [5.41, 5.74) is 0.588. The lowest BCUT2D eigenvalue weighted by Crippen LogP contribution is -2.56. The number of hydrogen-bond acceptors (Lipinski definition) is 2. The third-order valence-corrected chi connectivity index (χ3v) is 12.1. The van der Waals surface area contributed by atoms with Crippen LogP contribution in [0.15, 0.2) is 0 Å². The van der Waals surface area contributed by atoms with Crippen LogP contribution in [0.1, 0.15) is 126 Å². The highest BCUT2D eigenvalue weighted by Crippen LogP contribution is 2.69. The number of aliphatic hydroxyl groups is 2. The van der Waals surface area contributed by atoms with Gasteiger partial charge in [0.15, 0.2) is 0 Å². The van der Waals surface area contributed by atoms with Crippen LogP contribution in [0.4, 0.5) is 0 Å². The number of fused-ring (bicyclic) bond motifs is 5. The highest BCUT2D eigenvalue weighted by atomic mass is 16.3. The van der Waals surface area contributed by atoms with Gasteiger partial charge in [0.1, 0.15) is 0 Å². The quantitative estimate of drug-likeness (QED) is 0.456. The van der Waals surface area contributed by atoms with Crippen molar-refractivity contribution in [3.63, 3.8) is 0 Å². The second-order valence-corrected chi connectivity index (χ2v) is 14.6. The monoisotopic (exact) mass is 446 g/mol. The van der Waals surface area contributed by atoms with Crippen LogP contribution in [0.3, 0.4) is 0 Å². The highest BCUT2D eigenvalue weighted by molar-refractivity contribution is 5.10. The molecule has 0 aromatic carbocycles. The predicted molar refractivity (Wildman–Crippen MR) is 134 cm³/mol. The molecule has 0 aromatic heterocycles. The molecule has 0 heterocycles. The SMILES string of the molecule is CC[C@]1(O)CC[C@@]2(C)[C@@H](CC[C@@H]3[C@@H]2CC[C@]2(C)[C@@H]([C@H](C)CC[C@H](O)C(C)(C)C)CC[C@@H]32)C1. The van der Waals surface area contributed by atoms with Gasteiger partial charge in [-0.25, -0.2) is 0 Å². The molecule has 0 spiro atoms. The summed E-state index contributed by atoms with van der Waals surface area (Å²) in [4.78, 5) is 0. The molecule has 2 nitrogen and oxygen atoms in total. The van der Waals surface area contributed by atoms with E-state index in [0.717, 1.165) is 61.2 Å². The van der Waals surface area contributed by atoms with E-state index in [0.29, 0.717) is 10.8 Å². The molecule has 10 atom stereocenters. The predicted octanol–water partition coefficient (Wildman–Crippen LogP) is 7.61. The first-order chi connectivity index (χ1) is 14.8. The topological polar surface area (TPSA) is 40.5 Å². The zero-order valence-corrected chi connectivity index (χ0v) is 22.4. The van der Waals surface area contributed by atoms with Crippen molar-refractivity contribution in [2.24, 2.45) is 51.8 Å². The summed E-state index contributed by atoms with van der Waals surface area (Å²) >= 11 is 0. The van der Waals surface area contributed by atoms with Gasteiger partial charge >= 0.3 is 0 Å². The lowest BCUT2D eigenvalue weighted by Gasteiger charge is -2.62. The first-order valence-electron chi connectivity index (χ1n) is 14.2. The van der Waals surface area contributed by atoms with E-state index in [2.05, 4.69) is 48.5 Å². The molecule has 186 valence electrons. The maximum absolute atomic E-state index is 11.0. The number of hydrogen-bond donors (Lipinski definition) is 2. The first-order valence-corrected chi connectivity index (χ1v) is 14.2. The molecule has 32 heavy (non-hydrogen) atoms. The van der Waals surface area contributed by atoms with Gasteiger partial charge in [0, 0.05) is 0 Å². The van der Waals surface area contributed by atoms with Crippen molar-refractivity contribution in [1.29, 1.82) is 0 Å². The molecule has 0 saturated heterocycles. The lowest BCUT2D eigenvalue weighted by atomic mass is 9.43. The van der Waals surface area contributed by atoms with Crippen LogP contribution in [0.5, 0.6) is 0 Å². The molecule has 0 radical (unpaired) electrons. The van der Waals surface area contributed by atoms with Crippen LogP contribution in [0.2, 0.25) is 0 Å². The van der Waals surface area contributed by atoms with Gasteiger partial charge in [0.25, 0.3) is 0 Å². The molecule has 4 fully saturated rings. The van der Waals surface area contributed by atoms with Crippen molar-refractivity contribution in [3.05, 3.63) is 0 Å². The third-order valence-electron chi connectivity index (χ3n) is 12.1. The summed E-state index contributed by atoms with van der Waals surface area (Å²) in [6.07, 6.45) is 14.6. The molecular weight excluding hydrogens is 392 g/mol. The fourth-order valence-electron chi connectivity index (χ4n) is 9.67. The maximum atomic E-state index is 11.0. The minimum absolute atomic E-state index is 0.00208. The summed E-state index contributed by atoms with van der Waals surface area (Å²) in [6.45, 7) is 16.5. The highest BCUT2D eigenvalue weighted by Gasteiger charge is 2.61. The van der Waals surface area contributed by atoms with E-state index in [9.17, 15) is 10.2 Å². The Labute approximate surface area is 199 Å². The Bertz CT molecular complexity index is 666. The second-order valence-electron chi connectivity index (χ2n) is 14.6. The standard InChI is InChI=1S/C30H54O2/c1-8-30(32)18-17-28(6)21(19-30)10-11-22-24-13-12-23(29(24,7)16-15-25(22)28)20(2)9-14-26(31)27(3,4)5/h20-26,31-32H,8-19H2,1-7H3/t20-,21+,22+,23-,24+,25+,26+,28+,29-,30+/m1/s1. The Morgan fingerprint density at radius 1 is 0.875 bits per heavy atom. The van der Waals surface area contributed by atoms with Crippen LogP contribution in [0, 0.1) is 51.8 Å². The van der Waals surface area contributed by atoms with Crippen molar-refractivity contribution in [2.75, 3.05) is 0 Å². The van der Waals surface area contributed by atoms with Crippen molar-refractivity contribution < 1.29 is 10.2 Å². The molecule has 0 aliphatic heterocycles. The van der Waals surface area contributed by atoms with Gasteiger partial charge in [-0.1, -0.05) is 48.5 Å². The Morgan fingerprint density at radius 2 is 1.56 bits per heavy atom. The van der Waals surface area contributed by atoms with Gasteiger partial charge in [0.2, 0.25) is 0 Å².